The molecule has 98 valence electrons. The van der Waals surface area contributed by atoms with Gasteiger partial charge >= 0.3 is 0 Å². The van der Waals surface area contributed by atoms with Gasteiger partial charge in [-0.1, -0.05) is 17.7 Å². The number of anilines is 3. The number of carbonyl (C=O) groups is 1. The fraction of sp³-hybridized carbons (Fsp3) is 0.0714. The van der Waals surface area contributed by atoms with Gasteiger partial charge in [0.1, 0.15) is 0 Å². The number of amides is 1. The zero-order valence-corrected chi connectivity index (χ0v) is 11.2. The number of hydrogen-bond donors (Lipinski definition) is 3. The molecule has 0 saturated heterocycles. The lowest BCUT2D eigenvalue weighted by Crippen LogP contribution is -2.11. The fourth-order valence-electron chi connectivity index (χ4n) is 1.70. The molecule has 0 heterocycles. The number of nitrogens with one attached hydrogen (secondary N) is 1. The summed E-state index contributed by atoms with van der Waals surface area (Å²) in [5, 5.41) is 3.83. The molecular formula is C14H14ClN3O. The molecule has 5 heteroatoms. The molecule has 0 radical (unpaired) electrons. The van der Waals surface area contributed by atoms with E-state index in [1.165, 1.54) is 0 Å². The summed E-state index contributed by atoms with van der Waals surface area (Å²) in [4.78, 5) is 11.1. The lowest BCUT2D eigenvalue weighted by atomic mass is 10.1. The number of hydrogen-bond acceptors (Lipinski definition) is 3. The molecule has 0 aliphatic heterocycles. The maximum absolute atomic E-state index is 11.1. The van der Waals surface area contributed by atoms with E-state index in [2.05, 4.69) is 5.32 Å². The van der Waals surface area contributed by atoms with Crippen molar-refractivity contribution in [1.82, 2.24) is 0 Å². The second kappa shape index (κ2) is 5.20. The highest BCUT2D eigenvalue weighted by Crippen LogP contribution is 2.28. The molecule has 2 aromatic carbocycles. The third kappa shape index (κ3) is 2.98. The Kier molecular flexibility index (Phi) is 3.62. The number of carbonyl (C=O) groups excluding carboxylic acids is 1. The summed E-state index contributed by atoms with van der Waals surface area (Å²) in [5.74, 6) is -0.503. The van der Waals surface area contributed by atoms with Crippen LogP contribution in [-0.4, -0.2) is 5.91 Å². The highest BCUT2D eigenvalue weighted by molar-refractivity contribution is 6.30. The zero-order chi connectivity index (χ0) is 14.0. The van der Waals surface area contributed by atoms with Crippen LogP contribution in [-0.2, 0) is 0 Å². The van der Waals surface area contributed by atoms with E-state index in [9.17, 15) is 4.79 Å². The summed E-state index contributed by atoms with van der Waals surface area (Å²) in [6.07, 6.45) is 0. The van der Waals surface area contributed by atoms with E-state index in [1.54, 1.807) is 18.2 Å². The van der Waals surface area contributed by atoms with Gasteiger partial charge < -0.3 is 16.8 Å². The largest absolute Gasteiger partial charge is 0.397 e. The Morgan fingerprint density at radius 3 is 2.53 bits per heavy atom. The molecule has 0 bridgehead atoms. The minimum absolute atomic E-state index is 0.380. The summed E-state index contributed by atoms with van der Waals surface area (Å²) in [6.45, 7) is 1.96. The van der Waals surface area contributed by atoms with Crippen LogP contribution in [0.3, 0.4) is 0 Å². The molecule has 4 nitrogen and oxygen atoms in total. The van der Waals surface area contributed by atoms with Crippen molar-refractivity contribution in [3.8, 4) is 0 Å². The van der Waals surface area contributed by atoms with E-state index in [-0.39, 0.29) is 0 Å². The zero-order valence-electron chi connectivity index (χ0n) is 10.4. The lowest BCUT2D eigenvalue weighted by Gasteiger charge is -2.12. The van der Waals surface area contributed by atoms with Crippen LogP contribution in [0, 0.1) is 6.92 Å². The smallest absolute Gasteiger partial charge is 0.248 e. The van der Waals surface area contributed by atoms with Crippen molar-refractivity contribution in [3.63, 3.8) is 0 Å². The van der Waals surface area contributed by atoms with Crippen LogP contribution in [0.2, 0.25) is 5.02 Å². The number of rotatable bonds is 3. The molecule has 19 heavy (non-hydrogen) atoms. The van der Waals surface area contributed by atoms with Crippen molar-refractivity contribution in [2.75, 3.05) is 11.1 Å². The maximum atomic E-state index is 11.1. The number of nitrogens with two attached hydrogens (primary N) is 2. The van der Waals surface area contributed by atoms with E-state index in [4.69, 9.17) is 23.1 Å². The number of benzene rings is 2. The molecule has 5 N–H and O–H groups in total. The second-order valence-electron chi connectivity index (χ2n) is 4.25. The van der Waals surface area contributed by atoms with Crippen LogP contribution in [0.25, 0.3) is 0 Å². The Balaban J connectivity index is 2.33. The van der Waals surface area contributed by atoms with E-state index >= 15 is 0 Å². The summed E-state index contributed by atoms with van der Waals surface area (Å²) >= 11 is 5.96. The molecule has 0 saturated carbocycles. The van der Waals surface area contributed by atoms with Gasteiger partial charge in [0.25, 0.3) is 0 Å². The quantitative estimate of drug-likeness (QED) is 0.753. The highest BCUT2D eigenvalue weighted by Gasteiger charge is 2.06. The molecule has 2 aromatic rings. The van der Waals surface area contributed by atoms with Crippen LogP contribution >= 0.6 is 11.6 Å². The van der Waals surface area contributed by atoms with E-state index < -0.39 is 5.91 Å². The van der Waals surface area contributed by atoms with E-state index in [0.29, 0.717) is 22.0 Å². The Bertz CT molecular complexity index is 641. The summed E-state index contributed by atoms with van der Waals surface area (Å²) in [5.41, 5.74) is 14.5. The maximum Gasteiger partial charge on any atom is 0.248 e. The second-order valence-corrected chi connectivity index (χ2v) is 4.69. The summed E-state index contributed by atoms with van der Waals surface area (Å²) in [7, 11) is 0. The van der Waals surface area contributed by atoms with Gasteiger partial charge in [0.2, 0.25) is 5.91 Å². The van der Waals surface area contributed by atoms with Crippen LogP contribution < -0.4 is 16.8 Å². The molecule has 0 aliphatic rings. The van der Waals surface area contributed by atoms with Gasteiger partial charge in [-0.2, -0.15) is 0 Å². The van der Waals surface area contributed by atoms with Crippen molar-refractivity contribution in [1.29, 1.82) is 0 Å². The highest BCUT2D eigenvalue weighted by atomic mass is 35.5. The predicted octanol–water partition coefficient (Wildman–Crippen LogP) is 3.07. The third-order valence-corrected chi connectivity index (χ3v) is 3.04. The lowest BCUT2D eigenvalue weighted by molar-refractivity contribution is 0.100. The monoisotopic (exact) mass is 275 g/mol. The number of halogens is 1. The Labute approximate surface area is 116 Å². The first-order chi connectivity index (χ1) is 8.97. The van der Waals surface area contributed by atoms with Gasteiger partial charge in [0, 0.05) is 16.3 Å². The Morgan fingerprint density at radius 1 is 1.16 bits per heavy atom. The van der Waals surface area contributed by atoms with E-state index in [0.717, 1.165) is 11.3 Å². The standard InChI is InChI=1S/C14H14ClN3O/c1-8-2-4-10(15)7-13(8)18-12-5-3-9(14(17)19)6-11(12)16/h2-7,18H,16H2,1H3,(H2,17,19). The fourth-order valence-corrected chi connectivity index (χ4v) is 1.88. The summed E-state index contributed by atoms with van der Waals surface area (Å²) < 4.78 is 0. The molecule has 0 aliphatic carbocycles. The van der Waals surface area contributed by atoms with E-state index in [1.807, 2.05) is 25.1 Å². The SMILES string of the molecule is Cc1ccc(Cl)cc1Nc1ccc(C(N)=O)cc1N. The van der Waals surface area contributed by atoms with Crippen molar-refractivity contribution in [2.45, 2.75) is 6.92 Å². The first-order valence-electron chi connectivity index (χ1n) is 5.70. The topological polar surface area (TPSA) is 81.1 Å². The third-order valence-electron chi connectivity index (χ3n) is 2.81. The molecule has 0 unspecified atom stereocenters. The molecule has 0 atom stereocenters. The minimum atomic E-state index is -0.503. The normalized spacial score (nSPS) is 10.2. The molecule has 0 fully saturated rings. The van der Waals surface area contributed by atoms with Crippen LogP contribution in [0.4, 0.5) is 17.1 Å². The van der Waals surface area contributed by atoms with Crippen LogP contribution in [0.1, 0.15) is 15.9 Å². The minimum Gasteiger partial charge on any atom is -0.397 e. The number of aryl methyl sites for hydroxylation is 1. The Hall–Kier alpha value is -2.20. The number of primary amides is 1. The van der Waals surface area contributed by atoms with Crippen LogP contribution in [0.15, 0.2) is 36.4 Å². The van der Waals surface area contributed by atoms with Gasteiger partial charge in [-0.05, 0) is 42.8 Å². The molecule has 0 spiro atoms. The average molecular weight is 276 g/mol. The van der Waals surface area contributed by atoms with Crippen molar-refractivity contribution < 1.29 is 4.79 Å². The Morgan fingerprint density at radius 2 is 1.89 bits per heavy atom. The van der Waals surface area contributed by atoms with Gasteiger partial charge in [0.05, 0.1) is 11.4 Å². The van der Waals surface area contributed by atoms with Gasteiger partial charge in [-0.3, -0.25) is 4.79 Å². The van der Waals surface area contributed by atoms with Crippen LogP contribution in [0.5, 0.6) is 0 Å². The van der Waals surface area contributed by atoms with Gasteiger partial charge in [-0.25, -0.2) is 0 Å². The van der Waals surface area contributed by atoms with Crippen molar-refractivity contribution >= 4 is 34.6 Å². The van der Waals surface area contributed by atoms with Crippen molar-refractivity contribution in [2.24, 2.45) is 5.73 Å². The summed E-state index contributed by atoms with van der Waals surface area (Å²) in [6, 6.07) is 10.4. The number of nitrogen functional groups attached to an aromatic ring is 1. The predicted molar refractivity (Wildman–Crippen MR) is 78.8 cm³/mol. The average Bonchev–Trinajstić information content (AvgIpc) is 2.36. The van der Waals surface area contributed by atoms with Gasteiger partial charge in [0.15, 0.2) is 0 Å². The van der Waals surface area contributed by atoms with Crippen molar-refractivity contribution in [3.05, 3.63) is 52.5 Å². The molecule has 2 rings (SSSR count). The van der Waals surface area contributed by atoms with Gasteiger partial charge in [-0.15, -0.1) is 0 Å². The first-order valence-corrected chi connectivity index (χ1v) is 6.07. The molecule has 1 amide bonds. The molecular weight excluding hydrogens is 262 g/mol. The first kappa shape index (κ1) is 13.2. The molecule has 0 aromatic heterocycles.